The lowest BCUT2D eigenvalue weighted by Gasteiger charge is -2.05. The standard InChI is InChI=1S/C16H15N3O3S/c1-23(21,22)14-4-2-3-11(7-14)12-5-6-16-18-13(8-15(17)20)10-19(16)9-12/h2-7,9-10H,8H2,1H3,(H2,17,20). The lowest BCUT2D eigenvalue weighted by atomic mass is 10.1. The van der Waals surface area contributed by atoms with Gasteiger partial charge in [0, 0.05) is 18.6 Å². The van der Waals surface area contributed by atoms with Crippen molar-refractivity contribution >= 4 is 21.4 Å². The molecule has 0 spiro atoms. The number of nitrogens with two attached hydrogens (primary N) is 1. The van der Waals surface area contributed by atoms with E-state index in [2.05, 4.69) is 4.98 Å². The van der Waals surface area contributed by atoms with E-state index >= 15 is 0 Å². The summed E-state index contributed by atoms with van der Waals surface area (Å²) in [5, 5.41) is 0. The van der Waals surface area contributed by atoms with Crippen molar-refractivity contribution in [3.8, 4) is 11.1 Å². The topological polar surface area (TPSA) is 94.5 Å². The molecule has 118 valence electrons. The van der Waals surface area contributed by atoms with Gasteiger partial charge in [-0.1, -0.05) is 12.1 Å². The van der Waals surface area contributed by atoms with Crippen LogP contribution in [0.15, 0.2) is 53.7 Å². The van der Waals surface area contributed by atoms with Crippen LogP contribution in [-0.4, -0.2) is 30.0 Å². The first-order valence-corrected chi connectivity index (χ1v) is 8.78. The van der Waals surface area contributed by atoms with Gasteiger partial charge in [0.05, 0.1) is 17.0 Å². The van der Waals surface area contributed by atoms with Crippen molar-refractivity contribution in [2.75, 3.05) is 6.26 Å². The highest BCUT2D eigenvalue weighted by Gasteiger charge is 2.10. The number of primary amides is 1. The van der Waals surface area contributed by atoms with E-state index in [9.17, 15) is 13.2 Å². The molecule has 2 N–H and O–H groups in total. The number of amides is 1. The van der Waals surface area contributed by atoms with Crippen LogP contribution in [0.2, 0.25) is 0 Å². The average molecular weight is 329 g/mol. The molecule has 0 aliphatic heterocycles. The monoisotopic (exact) mass is 329 g/mol. The van der Waals surface area contributed by atoms with Crippen molar-refractivity contribution in [1.29, 1.82) is 0 Å². The summed E-state index contributed by atoms with van der Waals surface area (Å²) in [5.74, 6) is -0.436. The summed E-state index contributed by atoms with van der Waals surface area (Å²) >= 11 is 0. The Kier molecular flexibility index (Phi) is 3.65. The predicted molar refractivity (Wildman–Crippen MR) is 86.6 cm³/mol. The SMILES string of the molecule is CS(=O)(=O)c1cccc(-c2ccc3nc(CC(N)=O)cn3c2)c1. The van der Waals surface area contributed by atoms with Crippen LogP contribution in [0.5, 0.6) is 0 Å². The van der Waals surface area contributed by atoms with Gasteiger partial charge in [-0.15, -0.1) is 0 Å². The third-order valence-corrected chi connectivity index (χ3v) is 4.56. The van der Waals surface area contributed by atoms with Crippen molar-refractivity contribution < 1.29 is 13.2 Å². The maximum Gasteiger partial charge on any atom is 0.223 e. The molecule has 0 unspecified atom stereocenters. The second kappa shape index (κ2) is 5.51. The summed E-state index contributed by atoms with van der Waals surface area (Å²) in [4.78, 5) is 15.6. The number of aromatic nitrogens is 2. The van der Waals surface area contributed by atoms with Crippen LogP contribution in [-0.2, 0) is 21.1 Å². The molecular weight excluding hydrogens is 314 g/mol. The Labute approximate surface area is 133 Å². The van der Waals surface area contributed by atoms with Crippen LogP contribution < -0.4 is 5.73 Å². The van der Waals surface area contributed by atoms with Crippen LogP contribution >= 0.6 is 0 Å². The number of hydrogen-bond donors (Lipinski definition) is 1. The molecule has 7 heteroatoms. The molecule has 1 amide bonds. The van der Waals surface area contributed by atoms with Crippen molar-refractivity contribution in [2.45, 2.75) is 11.3 Å². The number of carbonyl (C=O) groups excluding carboxylic acids is 1. The van der Waals surface area contributed by atoms with Crippen LogP contribution in [0, 0.1) is 0 Å². The minimum Gasteiger partial charge on any atom is -0.369 e. The molecule has 0 saturated carbocycles. The second-order valence-corrected chi connectivity index (χ2v) is 7.37. The van der Waals surface area contributed by atoms with Gasteiger partial charge in [0.1, 0.15) is 5.65 Å². The number of rotatable bonds is 4. The molecule has 0 fully saturated rings. The van der Waals surface area contributed by atoms with Gasteiger partial charge in [-0.3, -0.25) is 4.79 Å². The highest BCUT2D eigenvalue weighted by atomic mass is 32.2. The molecule has 3 aromatic rings. The van der Waals surface area contributed by atoms with Gasteiger partial charge in [-0.05, 0) is 35.4 Å². The number of carbonyl (C=O) groups is 1. The van der Waals surface area contributed by atoms with Gasteiger partial charge in [0.25, 0.3) is 0 Å². The zero-order chi connectivity index (χ0) is 16.6. The van der Waals surface area contributed by atoms with Crippen LogP contribution in [0.1, 0.15) is 5.69 Å². The van der Waals surface area contributed by atoms with Gasteiger partial charge >= 0.3 is 0 Å². The Balaban J connectivity index is 2.05. The van der Waals surface area contributed by atoms with E-state index in [1.54, 1.807) is 28.8 Å². The Bertz CT molecular complexity index is 1010. The molecule has 0 aliphatic carbocycles. The third kappa shape index (κ3) is 3.24. The Morgan fingerprint density at radius 1 is 1.17 bits per heavy atom. The van der Waals surface area contributed by atoms with E-state index in [0.717, 1.165) is 11.1 Å². The fraction of sp³-hybridized carbons (Fsp3) is 0.125. The largest absolute Gasteiger partial charge is 0.369 e. The fourth-order valence-corrected chi connectivity index (χ4v) is 3.05. The second-order valence-electron chi connectivity index (χ2n) is 5.36. The van der Waals surface area contributed by atoms with Gasteiger partial charge < -0.3 is 10.1 Å². The van der Waals surface area contributed by atoms with Gasteiger partial charge in [-0.25, -0.2) is 13.4 Å². The number of sulfone groups is 1. The van der Waals surface area contributed by atoms with Crippen molar-refractivity contribution in [2.24, 2.45) is 5.73 Å². The fourth-order valence-electron chi connectivity index (χ4n) is 2.39. The lowest BCUT2D eigenvalue weighted by molar-refractivity contribution is -0.117. The third-order valence-electron chi connectivity index (χ3n) is 3.45. The van der Waals surface area contributed by atoms with E-state index in [4.69, 9.17) is 5.73 Å². The van der Waals surface area contributed by atoms with Crippen molar-refractivity contribution in [3.05, 3.63) is 54.5 Å². The van der Waals surface area contributed by atoms with Crippen molar-refractivity contribution in [3.63, 3.8) is 0 Å². The van der Waals surface area contributed by atoms with Crippen LogP contribution in [0.4, 0.5) is 0 Å². The first-order valence-electron chi connectivity index (χ1n) is 6.89. The summed E-state index contributed by atoms with van der Waals surface area (Å²) in [6.07, 6.45) is 4.85. The zero-order valence-electron chi connectivity index (χ0n) is 12.4. The van der Waals surface area contributed by atoms with E-state index in [1.165, 1.54) is 6.26 Å². The minimum absolute atomic E-state index is 0.0839. The van der Waals surface area contributed by atoms with Crippen molar-refractivity contribution in [1.82, 2.24) is 9.38 Å². The average Bonchev–Trinajstić information content (AvgIpc) is 2.86. The molecule has 3 rings (SSSR count). The minimum atomic E-state index is -3.26. The molecule has 0 saturated heterocycles. The molecule has 0 radical (unpaired) electrons. The molecule has 23 heavy (non-hydrogen) atoms. The molecule has 0 atom stereocenters. The number of fused-ring (bicyclic) bond motifs is 1. The number of pyridine rings is 1. The van der Waals surface area contributed by atoms with Crippen LogP contribution in [0.3, 0.4) is 0 Å². The maximum atomic E-state index is 11.7. The predicted octanol–water partition coefficient (Wildman–Crippen LogP) is 1.43. The summed E-state index contributed by atoms with van der Waals surface area (Å²) in [6.45, 7) is 0. The normalized spacial score (nSPS) is 11.7. The van der Waals surface area contributed by atoms with E-state index < -0.39 is 15.7 Å². The summed E-state index contributed by atoms with van der Waals surface area (Å²) in [6, 6.07) is 10.4. The maximum absolute atomic E-state index is 11.7. The highest BCUT2D eigenvalue weighted by molar-refractivity contribution is 7.90. The number of benzene rings is 1. The van der Waals surface area contributed by atoms with Gasteiger partial charge in [0.15, 0.2) is 9.84 Å². The Morgan fingerprint density at radius 3 is 2.65 bits per heavy atom. The number of hydrogen-bond acceptors (Lipinski definition) is 4. The number of imidazole rings is 1. The Hall–Kier alpha value is -2.67. The summed E-state index contributed by atoms with van der Waals surface area (Å²) < 4.78 is 25.1. The smallest absolute Gasteiger partial charge is 0.223 e. The van der Waals surface area contributed by atoms with Gasteiger partial charge in [0.2, 0.25) is 5.91 Å². The quantitative estimate of drug-likeness (QED) is 0.783. The highest BCUT2D eigenvalue weighted by Crippen LogP contribution is 2.23. The first kappa shape index (κ1) is 15.2. The van der Waals surface area contributed by atoms with E-state index in [1.807, 2.05) is 24.4 Å². The summed E-state index contributed by atoms with van der Waals surface area (Å²) in [5.41, 5.74) is 8.12. The molecule has 1 aromatic carbocycles. The molecular formula is C16H15N3O3S. The summed E-state index contributed by atoms with van der Waals surface area (Å²) in [7, 11) is -3.26. The zero-order valence-corrected chi connectivity index (χ0v) is 13.2. The molecule has 2 aromatic heterocycles. The molecule has 0 bridgehead atoms. The lowest BCUT2D eigenvalue weighted by Crippen LogP contribution is -2.13. The van der Waals surface area contributed by atoms with Crippen LogP contribution in [0.25, 0.3) is 16.8 Å². The first-order chi connectivity index (χ1) is 10.8. The molecule has 6 nitrogen and oxygen atoms in total. The Morgan fingerprint density at radius 2 is 1.96 bits per heavy atom. The number of nitrogens with zero attached hydrogens (tertiary/aromatic N) is 2. The van der Waals surface area contributed by atoms with Gasteiger partial charge in [-0.2, -0.15) is 0 Å². The van der Waals surface area contributed by atoms with E-state index in [-0.39, 0.29) is 11.3 Å². The molecule has 0 aliphatic rings. The van der Waals surface area contributed by atoms with E-state index in [0.29, 0.717) is 11.3 Å². The molecule has 2 heterocycles.